The zero-order chi connectivity index (χ0) is 13.1. The third-order valence-electron chi connectivity index (χ3n) is 2.57. The first-order valence-corrected chi connectivity index (χ1v) is 6.41. The van der Waals surface area contributed by atoms with Gasteiger partial charge in [-0.3, -0.25) is 0 Å². The third kappa shape index (κ3) is 2.53. The highest BCUT2D eigenvalue weighted by Gasteiger charge is 2.18. The number of nitrogens with zero attached hydrogens (tertiary/aromatic N) is 2. The number of hydrogen-bond acceptors (Lipinski definition) is 5. The van der Waals surface area contributed by atoms with E-state index in [1.54, 1.807) is 13.2 Å². The summed E-state index contributed by atoms with van der Waals surface area (Å²) in [6, 6.07) is 3.72. The number of aromatic carboxylic acids is 1. The molecule has 2 aromatic rings. The van der Waals surface area contributed by atoms with Gasteiger partial charge in [0.25, 0.3) is 0 Å². The second-order valence-electron chi connectivity index (χ2n) is 3.80. The molecule has 0 aliphatic heterocycles. The maximum Gasteiger partial charge on any atom is 0.355 e. The van der Waals surface area contributed by atoms with Gasteiger partial charge in [-0.2, -0.15) is 0 Å². The van der Waals surface area contributed by atoms with Crippen LogP contribution in [0.5, 0.6) is 0 Å². The standard InChI is InChI=1S/C12H14N2O3S/c1-3-14(7-9-5-4-6-17-9)12-13-10(11(15)16)8(2)18-12/h4-6H,3,7H2,1-2H3,(H,15,16). The molecule has 0 atom stereocenters. The molecule has 1 N–H and O–H groups in total. The van der Waals surface area contributed by atoms with Crippen LogP contribution in [0.3, 0.4) is 0 Å². The Morgan fingerprint density at radius 2 is 2.39 bits per heavy atom. The van der Waals surface area contributed by atoms with Crippen LogP contribution >= 0.6 is 11.3 Å². The van der Waals surface area contributed by atoms with Crippen molar-refractivity contribution in [2.75, 3.05) is 11.4 Å². The number of thiazole rings is 1. The van der Waals surface area contributed by atoms with Crippen LogP contribution in [0.15, 0.2) is 22.8 Å². The van der Waals surface area contributed by atoms with Crippen molar-refractivity contribution in [3.8, 4) is 0 Å². The van der Waals surface area contributed by atoms with Gasteiger partial charge >= 0.3 is 5.97 Å². The molecule has 2 aromatic heterocycles. The molecule has 0 radical (unpaired) electrons. The van der Waals surface area contributed by atoms with E-state index in [9.17, 15) is 4.79 Å². The van der Waals surface area contributed by atoms with Gasteiger partial charge in [0.15, 0.2) is 10.8 Å². The lowest BCUT2D eigenvalue weighted by atomic mass is 10.4. The number of aryl methyl sites for hydroxylation is 1. The van der Waals surface area contributed by atoms with Gasteiger partial charge in [0.05, 0.1) is 12.8 Å². The molecule has 0 aliphatic carbocycles. The van der Waals surface area contributed by atoms with Gasteiger partial charge in [-0.05, 0) is 26.0 Å². The second kappa shape index (κ2) is 5.22. The number of anilines is 1. The van der Waals surface area contributed by atoms with E-state index in [1.807, 2.05) is 24.0 Å². The highest BCUT2D eigenvalue weighted by Crippen LogP contribution is 2.26. The SMILES string of the molecule is CCN(Cc1ccco1)c1nc(C(=O)O)c(C)s1. The molecule has 0 fully saturated rings. The average molecular weight is 266 g/mol. The predicted octanol–water partition coefficient (Wildman–Crippen LogP) is 2.77. The lowest BCUT2D eigenvalue weighted by Gasteiger charge is -2.17. The van der Waals surface area contributed by atoms with Crippen LogP contribution < -0.4 is 4.90 Å². The van der Waals surface area contributed by atoms with Crippen molar-refractivity contribution >= 4 is 22.4 Å². The maximum absolute atomic E-state index is 11.0. The van der Waals surface area contributed by atoms with E-state index in [0.717, 1.165) is 17.2 Å². The second-order valence-corrected chi connectivity index (χ2v) is 4.98. The fraction of sp³-hybridized carbons (Fsp3) is 0.333. The van der Waals surface area contributed by atoms with E-state index in [1.165, 1.54) is 11.3 Å². The van der Waals surface area contributed by atoms with Crippen molar-refractivity contribution in [1.82, 2.24) is 4.98 Å². The Morgan fingerprint density at radius 3 is 2.89 bits per heavy atom. The normalized spacial score (nSPS) is 10.6. The summed E-state index contributed by atoms with van der Waals surface area (Å²) >= 11 is 1.39. The molecule has 5 nitrogen and oxygen atoms in total. The molecule has 96 valence electrons. The van der Waals surface area contributed by atoms with E-state index in [2.05, 4.69) is 4.98 Å². The number of hydrogen-bond donors (Lipinski definition) is 1. The summed E-state index contributed by atoms with van der Waals surface area (Å²) in [5, 5.41) is 9.71. The van der Waals surface area contributed by atoms with Gasteiger partial charge in [0.1, 0.15) is 5.76 Å². The molecule has 2 heterocycles. The number of carboxylic acids is 1. The minimum atomic E-state index is -0.982. The summed E-state index contributed by atoms with van der Waals surface area (Å²) in [5.74, 6) is -0.148. The molecule has 0 bridgehead atoms. The Kier molecular flexibility index (Phi) is 3.66. The van der Waals surface area contributed by atoms with Crippen molar-refractivity contribution in [1.29, 1.82) is 0 Å². The molecule has 6 heteroatoms. The van der Waals surface area contributed by atoms with Crippen molar-refractivity contribution in [2.24, 2.45) is 0 Å². The van der Waals surface area contributed by atoms with Crippen LogP contribution in [-0.4, -0.2) is 22.6 Å². The Balaban J connectivity index is 2.22. The topological polar surface area (TPSA) is 66.6 Å². The van der Waals surface area contributed by atoms with Crippen molar-refractivity contribution < 1.29 is 14.3 Å². The molecule has 0 aromatic carbocycles. The van der Waals surface area contributed by atoms with Crippen molar-refractivity contribution in [3.05, 3.63) is 34.7 Å². The molecule has 0 saturated heterocycles. The quantitative estimate of drug-likeness (QED) is 0.901. The molecule has 0 unspecified atom stereocenters. The smallest absolute Gasteiger partial charge is 0.355 e. The molecule has 0 saturated carbocycles. The number of aromatic nitrogens is 1. The fourth-order valence-corrected chi connectivity index (χ4v) is 2.58. The molecule has 0 aliphatic rings. The van der Waals surface area contributed by atoms with E-state index < -0.39 is 5.97 Å². The van der Waals surface area contributed by atoms with Gasteiger partial charge < -0.3 is 14.4 Å². The summed E-state index contributed by atoms with van der Waals surface area (Å²) in [6.45, 7) is 5.10. The van der Waals surface area contributed by atoms with Gasteiger partial charge in [-0.15, -0.1) is 11.3 Å². The zero-order valence-electron chi connectivity index (χ0n) is 10.2. The predicted molar refractivity (Wildman–Crippen MR) is 69.2 cm³/mol. The summed E-state index contributed by atoms with van der Waals surface area (Å²) in [7, 11) is 0. The van der Waals surface area contributed by atoms with Crippen molar-refractivity contribution in [2.45, 2.75) is 20.4 Å². The molecule has 2 rings (SSSR count). The van der Waals surface area contributed by atoms with E-state index in [-0.39, 0.29) is 5.69 Å². The molecule has 0 amide bonds. The van der Waals surface area contributed by atoms with E-state index in [4.69, 9.17) is 9.52 Å². The van der Waals surface area contributed by atoms with Gasteiger partial charge in [-0.25, -0.2) is 9.78 Å². The summed E-state index contributed by atoms with van der Waals surface area (Å²) in [5.41, 5.74) is 0.132. The highest BCUT2D eigenvalue weighted by atomic mass is 32.1. The maximum atomic E-state index is 11.0. The molecular weight excluding hydrogens is 252 g/mol. The van der Waals surface area contributed by atoms with Gasteiger partial charge in [0, 0.05) is 11.4 Å². The lowest BCUT2D eigenvalue weighted by Crippen LogP contribution is -2.21. The van der Waals surface area contributed by atoms with Crippen LogP contribution in [0.1, 0.15) is 28.0 Å². The Labute approximate surface area is 109 Å². The molecule has 0 spiro atoms. The first-order chi connectivity index (χ1) is 8.61. The molecule has 18 heavy (non-hydrogen) atoms. The molecular formula is C12H14N2O3S. The zero-order valence-corrected chi connectivity index (χ0v) is 11.0. The third-order valence-corrected chi connectivity index (χ3v) is 3.60. The minimum absolute atomic E-state index is 0.132. The number of carbonyl (C=O) groups is 1. The summed E-state index contributed by atoms with van der Waals surface area (Å²) < 4.78 is 5.29. The van der Waals surface area contributed by atoms with Gasteiger partial charge in [0.2, 0.25) is 0 Å². The highest BCUT2D eigenvalue weighted by molar-refractivity contribution is 7.15. The Bertz CT molecular complexity index is 534. The first-order valence-electron chi connectivity index (χ1n) is 5.60. The van der Waals surface area contributed by atoms with E-state index in [0.29, 0.717) is 11.7 Å². The van der Waals surface area contributed by atoms with Gasteiger partial charge in [-0.1, -0.05) is 0 Å². The van der Waals surface area contributed by atoms with Crippen LogP contribution in [0.2, 0.25) is 0 Å². The minimum Gasteiger partial charge on any atom is -0.476 e. The largest absolute Gasteiger partial charge is 0.476 e. The van der Waals surface area contributed by atoms with Crippen LogP contribution in [-0.2, 0) is 6.54 Å². The Morgan fingerprint density at radius 1 is 1.61 bits per heavy atom. The number of rotatable bonds is 5. The van der Waals surface area contributed by atoms with Crippen LogP contribution in [0.4, 0.5) is 5.13 Å². The van der Waals surface area contributed by atoms with E-state index >= 15 is 0 Å². The monoisotopic (exact) mass is 266 g/mol. The number of furan rings is 1. The van der Waals surface area contributed by atoms with Crippen LogP contribution in [0.25, 0.3) is 0 Å². The van der Waals surface area contributed by atoms with Crippen LogP contribution in [0, 0.1) is 6.92 Å². The summed E-state index contributed by atoms with van der Waals surface area (Å²) in [6.07, 6.45) is 1.62. The lowest BCUT2D eigenvalue weighted by molar-refractivity contribution is 0.0690. The Hall–Kier alpha value is -1.82. The van der Waals surface area contributed by atoms with Crippen molar-refractivity contribution in [3.63, 3.8) is 0 Å². The fourth-order valence-electron chi connectivity index (χ4n) is 1.62. The first kappa shape index (κ1) is 12.6. The summed E-state index contributed by atoms with van der Waals surface area (Å²) in [4.78, 5) is 17.8. The average Bonchev–Trinajstić information content (AvgIpc) is 2.94. The number of carboxylic acid groups (broad SMARTS) is 1.